The Morgan fingerprint density at radius 2 is 1.50 bits per heavy atom. The van der Waals surface area contributed by atoms with E-state index in [-0.39, 0.29) is 12.3 Å². The van der Waals surface area contributed by atoms with E-state index in [1.54, 1.807) is 11.3 Å². The van der Waals surface area contributed by atoms with Crippen LogP contribution in [-0.4, -0.2) is 5.91 Å². The molecule has 0 saturated carbocycles. The number of aryl methyl sites for hydroxylation is 2. The number of hydrazine groups is 1. The van der Waals surface area contributed by atoms with Gasteiger partial charge in [0.1, 0.15) is 5.58 Å². The zero-order valence-electron chi connectivity index (χ0n) is 16.0. The van der Waals surface area contributed by atoms with Gasteiger partial charge in [0, 0.05) is 10.9 Å². The molecule has 4 nitrogen and oxygen atoms in total. The standard InChI is InChI=1S/C24H22N2O2/c1-17-13-14-22-19(16-28-24(22)18(17)2)15-23(27)25-26(20-9-5-3-6-10-20)21-11-7-4-8-12-21/h3-14,16H,15H2,1-2H3,(H,25,27). The second-order valence-corrected chi connectivity index (χ2v) is 6.86. The summed E-state index contributed by atoms with van der Waals surface area (Å²) in [5.41, 5.74) is 8.85. The lowest BCUT2D eigenvalue weighted by Gasteiger charge is -2.25. The summed E-state index contributed by atoms with van der Waals surface area (Å²) >= 11 is 0. The number of anilines is 2. The predicted molar refractivity (Wildman–Crippen MR) is 113 cm³/mol. The van der Waals surface area contributed by atoms with Gasteiger partial charge in [-0.25, -0.2) is 0 Å². The Morgan fingerprint density at radius 1 is 0.893 bits per heavy atom. The van der Waals surface area contributed by atoms with Crippen LogP contribution < -0.4 is 10.4 Å². The molecule has 0 spiro atoms. The molecule has 28 heavy (non-hydrogen) atoms. The fourth-order valence-corrected chi connectivity index (χ4v) is 3.29. The third-order valence-corrected chi connectivity index (χ3v) is 4.96. The molecule has 1 N–H and O–H groups in total. The van der Waals surface area contributed by atoms with Gasteiger partial charge < -0.3 is 4.42 Å². The number of fused-ring (bicyclic) bond motifs is 1. The van der Waals surface area contributed by atoms with E-state index in [0.29, 0.717) is 0 Å². The molecular formula is C24H22N2O2. The summed E-state index contributed by atoms with van der Waals surface area (Å²) in [5, 5.41) is 2.80. The van der Waals surface area contributed by atoms with Crippen molar-refractivity contribution in [3.05, 3.63) is 95.7 Å². The quantitative estimate of drug-likeness (QED) is 0.474. The van der Waals surface area contributed by atoms with Crippen molar-refractivity contribution >= 4 is 28.3 Å². The van der Waals surface area contributed by atoms with Crippen molar-refractivity contribution < 1.29 is 9.21 Å². The SMILES string of the molecule is Cc1ccc2c(CC(=O)NN(c3ccccc3)c3ccccc3)coc2c1C. The average molecular weight is 370 g/mol. The highest BCUT2D eigenvalue weighted by molar-refractivity contribution is 5.90. The molecule has 0 saturated heterocycles. The van der Waals surface area contributed by atoms with Gasteiger partial charge in [0.05, 0.1) is 24.1 Å². The number of carbonyl (C=O) groups is 1. The molecule has 0 unspecified atom stereocenters. The first-order valence-electron chi connectivity index (χ1n) is 9.29. The van der Waals surface area contributed by atoms with Gasteiger partial charge in [-0.2, -0.15) is 0 Å². The number of rotatable bonds is 5. The van der Waals surface area contributed by atoms with Crippen molar-refractivity contribution in [2.24, 2.45) is 0 Å². The predicted octanol–water partition coefficient (Wildman–Crippen LogP) is 5.46. The van der Waals surface area contributed by atoms with E-state index in [1.807, 2.05) is 73.7 Å². The summed E-state index contributed by atoms with van der Waals surface area (Å²) in [6, 6.07) is 23.7. The van der Waals surface area contributed by atoms with Crippen molar-refractivity contribution in [3.63, 3.8) is 0 Å². The van der Waals surface area contributed by atoms with Crippen molar-refractivity contribution in [1.29, 1.82) is 0 Å². The maximum atomic E-state index is 12.9. The highest BCUT2D eigenvalue weighted by Gasteiger charge is 2.16. The van der Waals surface area contributed by atoms with Crippen molar-refractivity contribution in [1.82, 2.24) is 5.43 Å². The molecule has 1 heterocycles. The summed E-state index contributed by atoms with van der Waals surface area (Å²) in [6.07, 6.45) is 1.93. The number of para-hydroxylation sites is 2. The zero-order chi connectivity index (χ0) is 19.5. The van der Waals surface area contributed by atoms with Crippen LogP contribution in [0.2, 0.25) is 0 Å². The number of furan rings is 1. The fraction of sp³-hybridized carbons (Fsp3) is 0.125. The number of hydrogen-bond donors (Lipinski definition) is 1. The monoisotopic (exact) mass is 370 g/mol. The zero-order valence-corrected chi connectivity index (χ0v) is 16.0. The number of hydrogen-bond acceptors (Lipinski definition) is 3. The van der Waals surface area contributed by atoms with Gasteiger partial charge in [-0.1, -0.05) is 48.5 Å². The first kappa shape index (κ1) is 17.9. The molecule has 0 fully saturated rings. The Bertz CT molecular complexity index is 1060. The highest BCUT2D eigenvalue weighted by Crippen LogP contribution is 2.27. The van der Waals surface area contributed by atoms with Crippen LogP contribution in [0.3, 0.4) is 0 Å². The van der Waals surface area contributed by atoms with E-state index in [9.17, 15) is 4.79 Å². The van der Waals surface area contributed by atoms with Gasteiger partial charge in [0.25, 0.3) is 0 Å². The van der Waals surface area contributed by atoms with Crippen LogP contribution >= 0.6 is 0 Å². The molecule has 0 atom stereocenters. The van der Waals surface area contributed by atoms with E-state index in [4.69, 9.17) is 4.42 Å². The lowest BCUT2D eigenvalue weighted by atomic mass is 10.0. The summed E-state index contributed by atoms with van der Waals surface area (Å²) in [6.45, 7) is 4.10. The average Bonchev–Trinajstić information content (AvgIpc) is 3.13. The van der Waals surface area contributed by atoms with Gasteiger partial charge in [0.2, 0.25) is 5.91 Å². The minimum Gasteiger partial charge on any atom is -0.464 e. The highest BCUT2D eigenvalue weighted by atomic mass is 16.3. The van der Waals surface area contributed by atoms with Gasteiger partial charge in [-0.15, -0.1) is 0 Å². The molecule has 4 aromatic rings. The maximum absolute atomic E-state index is 12.9. The van der Waals surface area contributed by atoms with Gasteiger partial charge >= 0.3 is 0 Å². The van der Waals surface area contributed by atoms with Crippen LogP contribution in [0, 0.1) is 13.8 Å². The molecule has 3 aromatic carbocycles. The van der Waals surface area contributed by atoms with Crippen molar-refractivity contribution in [2.75, 3.05) is 5.01 Å². The smallest absolute Gasteiger partial charge is 0.243 e. The third kappa shape index (κ3) is 3.49. The van der Waals surface area contributed by atoms with Gasteiger partial charge in [-0.05, 0) is 49.2 Å². The molecule has 0 aliphatic carbocycles. The van der Waals surface area contributed by atoms with Gasteiger partial charge in [-0.3, -0.25) is 15.2 Å². The first-order valence-corrected chi connectivity index (χ1v) is 9.29. The van der Waals surface area contributed by atoms with E-state index < -0.39 is 0 Å². The maximum Gasteiger partial charge on any atom is 0.243 e. The van der Waals surface area contributed by atoms with Crippen LogP contribution in [0.25, 0.3) is 11.0 Å². The summed E-state index contributed by atoms with van der Waals surface area (Å²) in [5.74, 6) is -0.103. The largest absolute Gasteiger partial charge is 0.464 e. The second-order valence-electron chi connectivity index (χ2n) is 6.86. The fourth-order valence-electron chi connectivity index (χ4n) is 3.29. The molecule has 0 aliphatic rings. The number of nitrogens with one attached hydrogen (secondary N) is 1. The number of nitrogens with zero attached hydrogens (tertiary/aromatic N) is 1. The van der Waals surface area contributed by atoms with Crippen LogP contribution in [0.5, 0.6) is 0 Å². The Hall–Kier alpha value is -3.53. The Balaban J connectivity index is 1.60. The van der Waals surface area contributed by atoms with E-state index >= 15 is 0 Å². The normalized spacial score (nSPS) is 10.8. The molecule has 4 rings (SSSR count). The molecule has 1 amide bonds. The van der Waals surface area contributed by atoms with Crippen LogP contribution in [0.4, 0.5) is 11.4 Å². The van der Waals surface area contributed by atoms with E-state index in [0.717, 1.165) is 33.5 Å². The minimum atomic E-state index is -0.103. The van der Waals surface area contributed by atoms with Crippen LogP contribution in [0.15, 0.2) is 83.5 Å². The number of amides is 1. The molecule has 0 radical (unpaired) electrons. The topological polar surface area (TPSA) is 45.5 Å². The molecule has 0 bridgehead atoms. The first-order chi connectivity index (χ1) is 13.6. The number of carbonyl (C=O) groups excluding carboxylic acids is 1. The Kier molecular flexibility index (Phi) is 4.85. The molecular weight excluding hydrogens is 348 g/mol. The summed E-state index contributed by atoms with van der Waals surface area (Å²) in [4.78, 5) is 12.9. The van der Waals surface area contributed by atoms with Crippen LogP contribution in [0.1, 0.15) is 16.7 Å². The Labute approximate surface area is 164 Å². The van der Waals surface area contributed by atoms with Gasteiger partial charge in [0.15, 0.2) is 0 Å². The van der Waals surface area contributed by atoms with Crippen molar-refractivity contribution in [2.45, 2.75) is 20.3 Å². The lowest BCUT2D eigenvalue weighted by molar-refractivity contribution is -0.120. The minimum absolute atomic E-state index is 0.103. The molecule has 0 aliphatic heterocycles. The van der Waals surface area contributed by atoms with E-state index in [2.05, 4.69) is 18.4 Å². The van der Waals surface area contributed by atoms with E-state index in [1.165, 1.54) is 5.56 Å². The Morgan fingerprint density at radius 3 is 2.11 bits per heavy atom. The molecule has 4 heteroatoms. The molecule has 140 valence electrons. The number of benzene rings is 3. The summed E-state index contributed by atoms with van der Waals surface area (Å²) in [7, 11) is 0. The van der Waals surface area contributed by atoms with Crippen molar-refractivity contribution in [3.8, 4) is 0 Å². The lowest BCUT2D eigenvalue weighted by Crippen LogP contribution is -2.39. The van der Waals surface area contributed by atoms with Crippen LogP contribution in [-0.2, 0) is 11.2 Å². The second kappa shape index (κ2) is 7.61. The summed E-state index contributed by atoms with van der Waals surface area (Å²) < 4.78 is 5.74. The molecule has 1 aromatic heterocycles. The third-order valence-electron chi connectivity index (χ3n) is 4.96.